The van der Waals surface area contributed by atoms with Crippen LogP contribution in [0.3, 0.4) is 0 Å². The van der Waals surface area contributed by atoms with E-state index < -0.39 is 0 Å². The van der Waals surface area contributed by atoms with Crippen LogP contribution in [0.4, 0.5) is 0 Å². The molecule has 0 aliphatic rings. The van der Waals surface area contributed by atoms with Crippen molar-refractivity contribution in [3.05, 3.63) is 23.3 Å². The van der Waals surface area contributed by atoms with Gasteiger partial charge in [-0.2, -0.15) is 0 Å². The second-order valence-electron chi connectivity index (χ2n) is 4.03. The topological polar surface area (TPSA) is 38.7 Å². The molecule has 0 spiro atoms. The van der Waals surface area contributed by atoms with Crippen LogP contribution < -0.4 is 9.47 Å². The summed E-state index contributed by atoms with van der Waals surface area (Å²) in [6.07, 6.45) is 0.647. The lowest BCUT2D eigenvalue weighted by Gasteiger charge is -2.16. The standard InChI is InChI=1S/C13H20O3/c1-9(2)11-8-13(16-4)12(15-3)7-10(11)5-6-14/h7-9,14H,5-6H2,1-4H3. The molecule has 1 N–H and O–H groups in total. The van der Waals surface area contributed by atoms with Crippen molar-refractivity contribution in [1.29, 1.82) is 0 Å². The summed E-state index contributed by atoms with van der Waals surface area (Å²) in [6, 6.07) is 3.94. The molecule has 1 aromatic carbocycles. The minimum atomic E-state index is 0.148. The first-order valence-corrected chi connectivity index (χ1v) is 5.49. The maximum atomic E-state index is 9.04. The zero-order chi connectivity index (χ0) is 12.1. The fraction of sp³-hybridized carbons (Fsp3) is 0.538. The van der Waals surface area contributed by atoms with Crippen LogP contribution in [0.15, 0.2) is 12.1 Å². The lowest BCUT2D eigenvalue weighted by atomic mass is 9.95. The molecule has 0 fully saturated rings. The molecular formula is C13H20O3. The smallest absolute Gasteiger partial charge is 0.161 e. The summed E-state index contributed by atoms with van der Waals surface area (Å²) in [5.74, 6) is 1.87. The Hall–Kier alpha value is -1.22. The van der Waals surface area contributed by atoms with Gasteiger partial charge in [-0.05, 0) is 35.6 Å². The summed E-state index contributed by atoms with van der Waals surface area (Å²) in [7, 11) is 3.25. The van der Waals surface area contributed by atoms with E-state index in [4.69, 9.17) is 14.6 Å². The minimum absolute atomic E-state index is 0.148. The SMILES string of the molecule is COc1cc(CCO)c(C(C)C)cc1OC. The largest absolute Gasteiger partial charge is 0.493 e. The van der Waals surface area contributed by atoms with Gasteiger partial charge in [0.25, 0.3) is 0 Å². The van der Waals surface area contributed by atoms with Gasteiger partial charge in [-0.1, -0.05) is 13.8 Å². The molecule has 0 bridgehead atoms. The maximum absolute atomic E-state index is 9.04. The summed E-state index contributed by atoms with van der Waals surface area (Å²) in [5, 5.41) is 9.04. The van der Waals surface area contributed by atoms with Crippen molar-refractivity contribution in [1.82, 2.24) is 0 Å². The Balaban J connectivity index is 3.23. The van der Waals surface area contributed by atoms with Gasteiger partial charge in [0.1, 0.15) is 0 Å². The molecule has 1 rings (SSSR count). The van der Waals surface area contributed by atoms with Gasteiger partial charge in [0, 0.05) is 6.61 Å². The highest BCUT2D eigenvalue weighted by molar-refractivity contribution is 5.48. The summed E-state index contributed by atoms with van der Waals surface area (Å²) in [4.78, 5) is 0. The summed E-state index contributed by atoms with van der Waals surface area (Å²) in [5.41, 5.74) is 2.32. The molecule has 0 unspecified atom stereocenters. The Morgan fingerprint density at radius 2 is 1.69 bits per heavy atom. The molecule has 0 atom stereocenters. The highest BCUT2D eigenvalue weighted by Gasteiger charge is 2.12. The van der Waals surface area contributed by atoms with Gasteiger partial charge in [0.15, 0.2) is 11.5 Å². The van der Waals surface area contributed by atoms with Crippen LogP contribution in [0.5, 0.6) is 11.5 Å². The molecule has 3 nitrogen and oxygen atoms in total. The average Bonchev–Trinajstić information content (AvgIpc) is 2.28. The number of hydrogen-bond donors (Lipinski definition) is 1. The predicted molar refractivity (Wildman–Crippen MR) is 64.4 cm³/mol. The molecule has 0 aliphatic carbocycles. The van der Waals surface area contributed by atoms with E-state index in [-0.39, 0.29) is 6.61 Å². The van der Waals surface area contributed by atoms with Crippen LogP contribution in [0.2, 0.25) is 0 Å². The van der Waals surface area contributed by atoms with Crippen molar-refractivity contribution in [2.45, 2.75) is 26.2 Å². The van der Waals surface area contributed by atoms with Crippen LogP contribution in [0.1, 0.15) is 30.9 Å². The Kier molecular flexibility index (Phi) is 4.62. The van der Waals surface area contributed by atoms with Gasteiger partial charge < -0.3 is 14.6 Å². The molecule has 0 aromatic heterocycles. The lowest BCUT2D eigenvalue weighted by molar-refractivity contribution is 0.298. The van der Waals surface area contributed by atoms with E-state index in [9.17, 15) is 0 Å². The lowest BCUT2D eigenvalue weighted by Crippen LogP contribution is -2.02. The van der Waals surface area contributed by atoms with Crippen molar-refractivity contribution >= 4 is 0 Å². The van der Waals surface area contributed by atoms with Gasteiger partial charge in [-0.15, -0.1) is 0 Å². The van der Waals surface area contributed by atoms with Gasteiger partial charge in [0.2, 0.25) is 0 Å². The first-order chi connectivity index (χ1) is 7.63. The van der Waals surface area contributed by atoms with Gasteiger partial charge in [-0.3, -0.25) is 0 Å². The second kappa shape index (κ2) is 5.75. The molecule has 0 radical (unpaired) electrons. The fourth-order valence-electron chi connectivity index (χ4n) is 1.81. The number of rotatable bonds is 5. The predicted octanol–water partition coefficient (Wildman–Crippen LogP) is 2.36. The van der Waals surface area contributed by atoms with Crippen molar-refractivity contribution in [3.8, 4) is 11.5 Å². The molecule has 0 saturated heterocycles. The first-order valence-electron chi connectivity index (χ1n) is 5.49. The van der Waals surface area contributed by atoms with Crippen molar-refractivity contribution in [2.75, 3.05) is 20.8 Å². The second-order valence-corrected chi connectivity index (χ2v) is 4.03. The minimum Gasteiger partial charge on any atom is -0.493 e. The van der Waals surface area contributed by atoms with E-state index in [1.54, 1.807) is 14.2 Å². The fourth-order valence-corrected chi connectivity index (χ4v) is 1.81. The monoisotopic (exact) mass is 224 g/mol. The van der Waals surface area contributed by atoms with Crippen molar-refractivity contribution in [2.24, 2.45) is 0 Å². The van der Waals surface area contributed by atoms with Crippen molar-refractivity contribution in [3.63, 3.8) is 0 Å². The molecule has 90 valence electrons. The third-order valence-corrected chi connectivity index (χ3v) is 2.65. The van der Waals surface area contributed by atoms with Crippen LogP contribution in [0.25, 0.3) is 0 Å². The first kappa shape index (κ1) is 12.8. The van der Waals surface area contributed by atoms with Crippen LogP contribution >= 0.6 is 0 Å². The molecule has 0 saturated carbocycles. The number of ether oxygens (including phenoxy) is 2. The number of benzene rings is 1. The third kappa shape index (κ3) is 2.67. The van der Waals surface area contributed by atoms with E-state index in [1.165, 1.54) is 5.56 Å². The average molecular weight is 224 g/mol. The number of methoxy groups -OCH3 is 2. The summed E-state index contributed by atoms with van der Waals surface area (Å²) >= 11 is 0. The quantitative estimate of drug-likeness (QED) is 0.834. The van der Waals surface area contributed by atoms with E-state index in [0.717, 1.165) is 17.1 Å². The molecular weight excluding hydrogens is 204 g/mol. The molecule has 1 aromatic rings. The van der Waals surface area contributed by atoms with Gasteiger partial charge in [0.05, 0.1) is 14.2 Å². The summed E-state index contributed by atoms with van der Waals surface area (Å²) in [6.45, 7) is 4.40. The third-order valence-electron chi connectivity index (χ3n) is 2.65. The normalized spacial score (nSPS) is 10.6. The summed E-state index contributed by atoms with van der Waals surface area (Å²) < 4.78 is 10.5. The molecule has 3 heteroatoms. The van der Waals surface area contributed by atoms with Crippen molar-refractivity contribution < 1.29 is 14.6 Å². The zero-order valence-corrected chi connectivity index (χ0v) is 10.4. The highest BCUT2D eigenvalue weighted by atomic mass is 16.5. The van der Waals surface area contributed by atoms with E-state index in [0.29, 0.717) is 12.3 Å². The number of hydrogen-bond acceptors (Lipinski definition) is 3. The Labute approximate surface area is 97.0 Å². The number of aliphatic hydroxyl groups excluding tert-OH is 1. The Morgan fingerprint density at radius 1 is 1.12 bits per heavy atom. The highest BCUT2D eigenvalue weighted by Crippen LogP contribution is 2.33. The van der Waals surface area contributed by atoms with Crippen LogP contribution in [0, 0.1) is 0 Å². The van der Waals surface area contributed by atoms with Gasteiger partial charge in [-0.25, -0.2) is 0 Å². The van der Waals surface area contributed by atoms with Gasteiger partial charge >= 0.3 is 0 Å². The molecule has 0 amide bonds. The van der Waals surface area contributed by atoms with Crippen LogP contribution in [-0.4, -0.2) is 25.9 Å². The van der Waals surface area contributed by atoms with E-state index >= 15 is 0 Å². The van der Waals surface area contributed by atoms with E-state index in [2.05, 4.69) is 13.8 Å². The van der Waals surface area contributed by atoms with E-state index in [1.807, 2.05) is 12.1 Å². The number of aliphatic hydroxyl groups is 1. The Bertz CT molecular complexity index is 345. The Morgan fingerprint density at radius 3 is 2.12 bits per heavy atom. The molecule has 16 heavy (non-hydrogen) atoms. The van der Waals surface area contributed by atoms with Crippen LogP contribution in [-0.2, 0) is 6.42 Å². The zero-order valence-electron chi connectivity index (χ0n) is 10.4. The maximum Gasteiger partial charge on any atom is 0.161 e. The molecule has 0 aliphatic heterocycles. The molecule has 0 heterocycles.